The minimum atomic E-state index is 1.02. The van der Waals surface area contributed by atoms with Crippen molar-refractivity contribution in [2.24, 2.45) is 0 Å². The lowest BCUT2D eigenvalue weighted by Crippen LogP contribution is -1.98. The number of aromatic nitrogens is 4. The maximum atomic E-state index is 4.68. The summed E-state index contributed by atoms with van der Waals surface area (Å²) in [7, 11) is 0. The van der Waals surface area contributed by atoms with E-state index in [1.165, 1.54) is 0 Å². The summed E-state index contributed by atoms with van der Waals surface area (Å²) in [4.78, 5) is 9.35. The molecular formula is C30H22N4. The maximum Gasteiger partial charge on any atom is 0.0963 e. The molecule has 4 nitrogen and oxygen atoms in total. The molecule has 0 saturated carbocycles. The van der Waals surface area contributed by atoms with E-state index in [1.807, 2.05) is 24.5 Å². The molecule has 0 radical (unpaired) electrons. The summed E-state index contributed by atoms with van der Waals surface area (Å²) in [6.07, 6.45) is 3.72. The molecule has 7 rings (SSSR count). The van der Waals surface area contributed by atoms with Gasteiger partial charge in [-0.1, -0.05) is 42.5 Å². The number of para-hydroxylation sites is 2. The second-order valence-corrected chi connectivity index (χ2v) is 7.97. The summed E-state index contributed by atoms with van der Waals surface area (Å²) in [6, 6.07) is 33.9. The third-order valence-corrected chi connectivity index (χ3v) is 6.20. The molecule has 0 bridgehead atoms. The topological polar surface area (TPSA) is 35.6 Å². The Balaban J connectivity index is 0.00000106. The maximum absolute atomic E-state index is 4.68. The van der Waals surface area contributed by atoms with Crippen molar-refractivity contribution in [3.05, 3.63) is 123 Å². The number of rotatable bonds is 2. The van der Waals surface area contributed by atoms with Crippen molar-refractivity contribution in [3.63, 3.8) is 0 Å². The minimum absolute atomic E-state index is 1.02. The van der Waals surface area contributed by atoms with Crippen molar-refractivity contribution in [1.82, 2.24) is 19.1 Å². The van der Waals surface area contributed by atoms with Gasteiger partial charge >= 0.3 is 0 Å². The van der Waals surface area contributed by atoms with E-state index in [9.17, 15) is 0 Å². The second kappa shape index (κ2) is 8.01. The van der Waals surface area contributed by atoms with Crippen molar-refractivity contribution in [2.45, 2.75) is 0 Å². The molecule has 0 saturated heterocycles. The molecule has 34 heavy (non-hydrogen) atoms. The number of pyridine rings is 2. The van der Waals surface area contributed by atoms with Gasteiger partial charge in [0.25, 0.3) is 0 Å². The summed E-state index contributed by atoms with van der Waals surface area (Å²) in [6.45, 7) is 6.00. The van der Waals surface area contributed by atoms with Gasteiger partial charge in [-0.05, 0) is 54.6 Å². The number of hydrogen-bond donors (Lipinski definition) is 0. The number of nitrogens with zero attached hydrogens (tertiary/aromatic N) is 4. The van der Waals surface area contributed by atoms with E-state index in [1.54, 1.807) is 0 Å². The fourth-order valence-corrected chi connectivity index (χ4v) is 4.89. The molecule has 0 fully saturated rings. The van der Waals surface area contributed by atoms with Crippen LogP contribution in [0.1, 0.15) is 0 Å². The lowest BCUT2D eigenvalue weighted by atomic mass is 10.2. The van der Waals surface area contributed by atoms with Crippen LogP contribution < -0.4 is 0 Å². The first kappa shape index (κ1) is 19.9. The smallest absolute Gasteiger partial charge is 0.0963 e. The predicted octanol–water partition coefficient (Wildman–Crippen LogP) is 7.47. The number of fused-ring (bicyclic) bond motifs is 6. The van der Waals surface area contributed by atoms with Crippen molar-refractivity contribution < 1.29 is 0 Å². The van der Waals surface area contributed by atoms with Gasteiger partial charge in [0.1, 0.15) is 0 Å². The van der Waals surface area contributed by atoms with Crippen LogP contribution in [0.15, 0.2) is 123 Å². The molecule has 7 aromatic rings. The zero-order chi connectivity index (χ0) is 23.1. The van der Waals surface area contributed by atoms with Gasteiger partial charge in [0.2, 0.25) is 0 Å². The van der Waals surface area contributed by atoms with Crippen LogP contribution in [0.25, 0.3) is 55.2 Å². The van der Waals surface area contributed by atoms with Crippen molar-refractivity contribution in [2.75, 3.05) is 0 Å². The Morgan fingerprint density at radius 3 is 1.41 bits per heavy atom. The van der Waals surface area contributed by atoms with Crippen molar-refractivity contribution in [1.29, 1.82) is 0 Å². The van der Waals surface area contributed by atoms with Gasteiger partial charge in [-0.25, -0.2) is 0 Å². The van der Waals surface area contributed by atoms with Crippen molar-refractivity contribution in [3.8, 4) is 11.4 Å². The predicted molar refractivity (Wildman–Crippen MR) is 142 cm³/mol. The van der Waals surface area contributed by atoms with Crippen LogP contribution in [0, 0.1) is 0 Å². The van der Waals surface area contributed by atoms with E-state index < -0.39 is 0 Å². The molecule has 3 aromatic carbocycles. The molecule has 0 amide bonds. The normalized spacial score (nSPS) is 11.2. The Morgan fingerprint density at radius 1 is 0.471 bits per heavy atom. The van der Waals surface area contributed by atoms with Gasteiger partial charge in [-0.2, -0.15) is 0 Å². The van der Waals surface area contributed by atoms with E-state index in [0.717, 1.165) is 55.2 Å². The van der Waals surface area contributed by atoms with E-state index >= 15 is 0 Å². The molecule has 0 aliphatic carbocycles. The molecule has 0 spiro atoms. The Labute approximate surface area is 197 Å². The number of hydrogen-bond acceptors (Lipinski definition) is 2. The minimum Gasteiger partial charge on any atom is -0.308 e. The largest absolute Gasteiger partial charge is 0.308 e. The Kier molecular flexibility index (Phi) is 4.70. The Bertz CT molecular complexity index is 1570. The monoisotopic (exact) mass is 438 g/mol. The van der Waals surface area contributed by atoms with Crippen LogP contribution in [-0.2, 0) is 0 Å². The van der Waals surface area contributed by atoms with Gasteiger partial charge < -0.3 is 9.13 Å². The molecule has 0 aliphatic rings. The third kappa shape index (κ3) is 2.86. The Hall–Kier alpha value is -4.70. The average Bonchev–Trinajstić information content (AvgIpc) is 3.43. The first-order chi connectivity index (χ1) is 16.9. The van der Waals surface area contributed by atoms with E-state index in [-0.39, 0.29) is 0 Å². The van der Waals surface area contributed by atoms with E-state index in [4.69, 9.17) is 0 Å². The van der Waals surface area contributed by atoms with Crippen LogP contribution in [0.3, 0.4) is 0 Å². The zero-order valence-corrected chi connectivity index (χ0v) is 18.6. The van der Waals surface area contributed by atoms with Gasteiger partial charge in [0, 0.05) is 34.5 Å². The summed E-state index contributed by atoms with van der Waals surface area (Å²) in [5, 5.41) is 2.32. The lowest BCUT2D eigenvalue weighted by molar-refractivity contribution is 1.13. The SMILES string of the molecule is C=C.c1cc(-n2c3ccccc3c3ncccc32)cc(-n2c3ccccc3c3ncccc32)c1. The molecule has 0 atom stereocenters. The lowest BCUT2D eigenvalue weighted by Gasteiger charge is -2.12. The zero-order valence-electron chi connectivity index (χ0n) is 18.6. The highest BCUT2D eigenvalue weighted by Gasteiger charge is 2.15. The van der Waals surface area contributed by atoms with Crippen LogP contribution in [0.2, 0.25) is 0 Å². The van der Waals surface area contributed by atoms with Crippen molar-refractivity contribution >= 4 is 43.9 Å². The van der Waals surface area contributed by atoms with Gasteiger partial charge in [-0.3, -0.25) is 9.97 Å². The first-order valence-electron chi connectivity index (χ1n) is 11.2. The fourth-order valence-electron chi connectivity index (χ4n) is 4.89. The van der Waals surface area contributed by atoms with Gasteiger partial charge in [0.05, 0.1) is 33.1 Å². The van der Waals surface area contributed by atoms with Gasteiger partial charge in [-0.15, -0.1) is 13.2 Å². The standard InChI is InChI=1S/C28H18N4.C2H4/c1-3-12-23-21(10-1)27-25(14-6-16-29-27)31(23)19-8-5-9-20(18-19)32-24-13-4-2-11-22(24)28-26(32)15-7-17-30-28;1-2/h1-18H;1-2H2. The van der Waals surface area contributed by atoms with Crippen LogP contribution >= 0.6 is 0 Å². The third-order valence-electron chi connectivity index (χ3n) is 6.20. The molecule has 0 aliphatic heterocycles. The highest BCUT2D eigenvalue weighted by Crippen LogP contribution is 2.33. The quantitative estimate of drug-likeness (QED) is 0.262. The first-order valence-corrected chi connectivity index (χ1v) is 11.2. The molecule has 4 aromatic heterocycles. The second-order valence-electron chi connectivity index (χ2n) is 7.97. The fraction of sp³-hybridized carbons (Fsp3) is 0. The summed E-state index contributed by atoms with van der Waals surface area (Å²) in [5.41, 5.74) is 8.78. The van der Waals surface area contributed by atoms with E-state index in [2.05, 4.69) is 117 Å². The highest BCUT2D eigenvalue weighted by atomic mass is 15.0. The molecule has 4 heterocycles. The Morgan fingerprint density at radius 2 is 0.912 bits per heavy atom. The highest BCUT2D eigenvalue weighted by molar-refractivity contribution is 6.08. The van der Waals surface area contributed by atoms with Crippen LogP contribution in [0.4, 0.5) is 0 Å². The van der Waals surface area contributed by atoms with Crippen LogP contribution in [-0.4, -0.2) is 19.1 Å². The summed E-state index contributed by atoms with van der Waals surface area (Å²) >= 11 is 0. The molecular weight excluding hydrogens is 416 g/mol. The van der Waals surface area contributed by atoms with E-state index in [0.29, 0.717) is 0 Å². The average molecular weight is 439 g/mol. The molecule has 162 valence electrons. The summed E-state index contributed by atoms with van der Waals surface area (Å²) in [5.74, 6) is 0. The summed E-state index contributed by atoms with van der Waals surface area (Å²) < 4.78 is 4.60. The molecule has 0 unspecified atom stereocenters. The number of benzene rings is 3. The molecule has 4 heteroatoms. The molecule has 0 N–H and O–H groups in total. The van der Waals surface area contributed by atoms with Gasteiger partial charge in [0.15, 0.2) is 0 Å². The van der Waals surface area contributed by atoms with Crippen LogP contribution in [0.5, 0.6) is 0 Å².